The molecule has 3 nitrogen and oxygen atoms in total. The maximum atomic E-state index is 6.21. The van der Waals surface area contributed by atoms with Gasteiger partial charge in [0.2, 0.25) is 0 Å². The van der Waals surface area contributed by atoms with Gasteiger partial charge in [0.15, 0.2) is 0 Å². The van der Waals surface area contributed by atoms with Crippen LogP contribution in [0.15, 0.2) is 22.7 Å². The molecule has 0 aromatic heterocycles. The van der Waals surface area contributed by atoms with Gasteiger partial charge in [0, 0.05) is 18.6 Å². The zero-order valence-electron chi connectivity index (χ0n) is 10.3. The van der Waals surface area contributed by atoms with Crippen molar-refractivity contribution in [1.82, 2.24) is 4.90 Å². The predicted molar refractivity (Wildman–Crippen MR) is 73.3 cm³/mol. The molecule has 0 aliphatic carbocycles. The van der Waals surface area contributed by atoms with E-state index < -0.39 is 0 Å². The molecule has 0 amide bonds. The van der Waals surface area contributed by atoms with E-state index in [1.54, 1.807) is 7.11 Å². The summed E-state index contributed by atoms with van der Waals surface area (Å²) < 4.78 is 6.24. The van der Waals surface area contributed by atoms with Gasteiger partial charge in [-0.1, -0.05) is 13.0 Å². The summed E-state index contributed by atoms with van der Waals surface area (Å²) in [4.78, 5) is 2.43. The van der Waals surface area contributed by atoms with Gasteiger partial charge >= 0.3 is 0 Å². The van der Waals surface area contributed by atoms with Crippen LogP contribution in [0.1, 0.15) is 24.9 Å². The molecular weight excluding hydrogens is 280 g/mol. The van der Waals surface area contributed by atoms with Crippen molar-refractivity contribution in [2.24, 2.45) is 5.73 Å². The number of nitrogens with two attached hydrogens (primary N) is 1. The molecule has 1 aromatic carbocycles. The standard InChI is InChI=1S/C13H19BrN2O/c1-3-16-7-6-11(15)13(16)9-4-5-12(17-2)10(14)8-9/h4-5,8,11,13H,3,6-7,15H2,1-2H3. The summed E-state index contributed by atoms with van der Waals surface area (Å²) >= 11 is 3.53. The highest BCUT2D eigenvalue weighted by molar-refractivity contribution is 9.10. The molecule has 17 heavy (non-hydrogen) atoms. The zero-order chi connectivity index (χ0) is 12.4. The van der Waals surface area contributed by atoms with Crippen molar-refractivity contribution in [2.45, 2.75) is 25.4 Å². The van der Waals surface area contributed by atoms with E-state index in [4.69, 9.17) is 10.5 Å². The minimum atomic E-state index is 0.232. The number of rotatable bonds is 3. The lowest BCUT2D eigenvalue weighted by Gasteiger charge is -2.26. The highest BCUT2D eigenvalue weighted by Crippen LogP contribution is 2.34. The van der Waals surface area contributed by atoms with Gasteiger partial charge in [-0.2, -0.15) is 0 Å². The van der Waals surface area contributed by atoms with E-state index in [1.807, 2.05) is 6.07 Å². The fraction of sp³-hybridized carbons (Fsp3) is 0.538. The summed E-state index contributed by atoms with van der Waals surface area (Å²) in [5.74, 6) is 0.864. The molecule has 0 spiro atoms. The van der Waals surface area contributed by atoms with Gasteiger partial charge in [0.1, 0.15) is 5.75 Å². The van der Waals surface area contributed by atoms with Gasteiger partial charge < -0.3 is 10.5 Å². The Morgan fingerprint density at radius 3 is 2.88 bits per heavy atom. The molecule has 4 heteroatoms. The maximum absolute atomic E-state index is 6.21. The van der Waals surface area contributed by atoms with Crippen LogP contribution < -0.4 is 10.5 Å². The number of ether oxygens (including phenoxy) is 1. The number of hydrogen-bond donors (Lipinski definition) is 1. The number of hydrogen-bond acceptors (Lipinski definition) is 3. The molecule has 0 bridgehead atoms. The van der Waals surface area contributed by atoms with Crippen LogP contribution in [0.4, 0.5) is 0 Å². The molecule has 2 unspecified atom stereocenters. The highest BCUT2D eigenvalue weighted by atomic mass is 79.9. The predicted octanol–water partition coefficient (Wildman–Crippen LogP) is 2.55. The third kappa shape index (κ3) is 2.49. The molecule has 94 valence electrons. The van der Waals surface area contributed by atoms with Crippen molar-refractivity contribution in [2.75, 3.05) is 20.2 Å². The Hall–Kier alpha value is -0.580. The minimum Gasteiger partial charge on any atom is -0.496 e. The van der Waals surface area contributed by atoms with Crippen molar-refractivity contribution in [1.29, 1.82) is 0 Å². The first-order chi connectivity index (χ1) is 8.17. The topological polar surface area (TPSA) is 38.5 Å². The summed E-state index contributed by atoms with van der Waals surface area (Å²) in [6.07, 6.45) is 1.07. The normalized spacial score (nSPS) is 25.2. The van der Waals surface area contributed by atoms with E-state index in [1.165, 1.54) is 5.56 Å². The number of likely N-dealkylation sites (tertiary alicyclic amines) is 1. The van der Waals surface area contributed by atoms with E-state index in [0.717, 1.165) is 29.7 Å². The van der Waals surface area contributed by atoms with Crippen LogP contribution in [0.3, 0.4) is 0 Å². The van der Waals surface area contributed by atoms with Crippen molar-refractivity contribution < 1.29 is 4.74 Å². The summed E-state index contributed by atoms with van der Waals surface area (Å²) in [5, 5.41) is 0. The molecule has 1 saturated heterocycles. The number of benzene rings is 1. The molecule has 1 heterocycles. The second kappa shape index (κ2) is 5.38. The number of halogens is 1. The first-order valence-corrected chi connectivity index (χ1v) is 6.79. The highest BCUT2D eigenvalue weighted by Gasteiger charge is 2.31. The lowest BCUT2D eigenvalue weighted by Crippen LogP contribution is -2.31. The quantitative estimate of drug-likeness (QED) is 0.932. The molecule has 2 atom stereocenters. The lowest BCUT2D eigenvalue weighted by molar-refractivity contribution is 0.261. The number of nitrogens with zero attached hydrogens (tertiary/aromatic N) is 1. The van der Waals surface area contributed by atoms with Crippen LogP contribution in [0.2, 0.25) is 0 Å². The van der Waals surface area contributed by atoms with Gasteiger partial charge in [0.25, 0.3) is 0 Å². The molecule has 1 fully saturated rings. The molecule has 1 aromatic rings. The van der Waals surface area contributed by atoms with Crippen molar-refractivity contribution in [3.05, 3.63) is 28.2 Å². The fourth-order valence-corrected chi connectivity index (χ4v) is 3.12. The molecule has 2 N–H and O–H groups in total. The van der Waals surface area contributed by atoms with Crippen molar-refractivity contribution >= 4 is 15.9 Å². The Bertz CT molecular complexity index is 397. The van der Waals surface area contributed by atoms with E-state index in [2.05, 4.69) is 39.9 Å². The zero-order valence-corrected chi connectivity index (χ0v) is 11.9. The van der Waals surface area contributed by atoms with Crippen molar-refractivity contribution in [3.8, 4) is 5.75 Å². The molecular formula is C13H19BrN2O. The molecule has 1 aliphatic heterocycles. The smallest absolute Gasteiger partial charge is 0.133 e. The summed E-state index contributed by atoms with van der Waals surface area (Å²) in [7, 11) is 1.68. The Labute approximate surface area is 111 Å². The summed E-state index contributed by atoms with van der Waals surface area (Å²) in [6.45, 7) is 4.32. The first kappa shape index (κ1) is 12.9. The molecule has 0 saturated carbocycles. The maximum Gasteiger partial charge on any atom is 0.133 e. The lowest BCUT2D eigenvalue weighted by atomic mass is 10.0. The summed E-state index contributed by atoms with van der Waals surface area (Å²) in [6, 6.07) is 6.80. The molecule has 0 radical (unpaired) electrons. The van der Waals surface area contributed by atoms with Crippen LogP contribution in [-0.4, -0.2) is 31.1 Å². The fourth-order valence-electron chi connectivity index (χ4n) is 2.56. The van der Waals surface area contributed by atoms with Gasteiger partial charge in [-0.05, 0) is 46.6 Å². The van der Waals surface area contributed by atoms with Crippen LogP contribution in [0.5, 0.6) is 5.75 Å². The third-order valence-electron chi connectivity index (χ3n) is 3.47. The van der Waals surface area contributed by atoms with Crippen molar-refractivity contribution in [3.63, 3.8) is 0 Å². The van der Waals surface area contributed by atoms with Gasteiger partial charge in [0.05, 0.1) is 11.6 Å². The van der Waals surface area contributed by atoms with E-state index in [9.17, 15) is 0 Å². The summed E-state index contributed by atoms with van der Waals surface area (Å²) in [5.41, 5.74) is 7.48. The first-order valence-electron chi connectivity index (χ1n) is 6.00. The Kier molecular flexibility index (Phi) is 4.07. The van der Waals surface area contributed by atoms with Crippen LogP contribution >= 0.6 is 15.9 Å². The van der Waals surface area contributed by atoms with Gasteiger partial charge in [-0.25, -0.2) is 0 Å². The minimum absolute atomic E-state index is 0.232. The van der Waals surface area contributed by atoms with Gasteiger partial charge in [-0.15, -0.1) is 0 Å². The number of methoxy groups -OCH3 is 1. The molecule has 2 rings (SSSR count). The second-order valence-corrected chi connectivity index (χ2v) is 5.27. The van der Waals surface area contributed by atoms with Crippen LogP contribution in [0, 0.1) is 0 Å². The number of likely N-dealkylation sites (N-methyl/N-ethyl adjacent to an activating group) is 1. The monoisotopic (exact) mass is 298 g/mol. The molecule has 1 aliphatic rings. The largest absolute Gasteiger partial charge is 0.496 e. The second-order valence-electron chi connectivity index (χ2n) is 4.42. The van der Waals surface area contributed by atoms with E-state index >= 15 is 0 Å². The average molecular weight is 299 g/mol. The SMILES string of the molecule is CCN1CCC(N)C1c1ccc(OC)c(Br)c1. The van der Waals surface area contributed by atoms with Gasteiger partial charge in [-0.3, -0.25) is 4.90 Å². The average Bonchev–Trinajstić information content (AvgIpc) is 2.70. The van der Waals surface area contributed by atoms with Crippen LogP contribution in [-0.2, 0) is 0 Å². The van der Waals surface area contributed by atoms with E-state index in [0.29, 0.717) is 6.04 Å². The third-order valence-corrected chi connectivity index (χ3v) is 4.09. The Balaban J connectivity index is 2.29. The Morgan fingerprint density at radius 1 is 1.53 bits per heavy atom. The van der Waals surface area contributed by atoms with Crippen LogP contribution in [0.25, 0.3) is 0 Å². The Morgan fingerprint density at radius 2 is 2.29 bits per heavy atom. The van der Waals surface area contributed by atoms with E-state index in [-0.39, 0.29) is 6.04 Å².